The van der Waals surface area contributed by atoms with E-state index in [1.165, 1.54) is 0 Å². The molecule has 0 saturated heterocycles. The van der Waals surface area contributed by atoms with Crippen LogP contribution in [0.15, 0.2) is 18.2 Å². The Bertz CT molecular complexity index is 605. The quantitative estimate of drug-likeness (QED) is 0.845. The molecule has 1 aromatic carbocycles. The van der Waals surface area contributed by atoms with Gasteiger partial charge in [0.25, 0.3) is 0 Å². The maximum atomic E-state index is 11.2. The van der Waals surface area contributed by atoms with Crippen LogP contribution in [0.2, 0.25) is 0 Å². The average molecular weight is 293 g/mol. The van der Waals surface area contributed by atoms with Gasteiger partial charge in [0.1, 0.15) is 0 Å². The van der Waals surface area contributed by atoms with Crippen LogP contribution in [0.25, 0.3) is 11.4 Å². The highest BCUT2D eigenvalue weighted by Crippen LogP contribution is 2.24. The number of nitrogen functional groups attached to an aromatic ring is 1. The smallest absolute Gasteiger partial charge is 0.182 e. The van der Waals surface area contributed by atoms with Crippen molar-refractivity contribution in [2.24, 2.45) is 0 Å². The Labute approximate surface area is 120 Å². The summed E-state index contributed by atoms with van der Waals surface area (Å²) in [6.45, 7) is 4.00. The summed E-state index contributed by atoms with van der Waals surface area (Å²) < 4.78 is 13.0. The molecule has 2 N–H and O–H groups in total. The molecule has 0 radical (unpaired) electrons. The minimum atomic E-state index is -0.808. The van der Waals surface area contributed by atoms with Crippen molar-refractivity contribution in [2.75, 3.05) is 17.7 Å². The molecule has 0 fully saturated rings. The minimum absolute atomic E-state index is 0.0886. The number of tetrazole rings is 1. The van der Waals surface area contributed by atoms with E-state index in [1.54, 1.807) is 10.9 Å². The third-order valence-electron chi connectivity index (χ3n) is 3.09. The maximum Gasteiger partial charge on any atom is 0.182 e. The predicted octanol–water partition coefficient (Wildman–Crippen LogP) is 1.56. The highest BCUT2D eigenvalue weighted by molar-refractivity contribution is 7.84. The van der Waals surface area contributed by atoms with Crippen molar-refractivity contribution in [3.05, 3.63) is 23.8 Å². The molecule has 0 aliphatic carbocycles. The fourth-order valence-corrected chi connectivity index (χ4v) is 2.75. The van der Waals surface area contributed by atoms with Gasteiger partial charge in [-0.2, -0.15) is 0 Å². The number of nitrogens with zero attached hydrogens (tertiary/aromatic N) is 4. The first kappa shape index (κ1) is 14.6. The van der Waals surface area contributed by atoms with Gasteiger partial charge < -0.3 is 5.73 Å². The van der Waals surface area contributed by atoms with Crippen molar-refractivity contribution >= 4 is 16.5 Å². The van der Waals surface area contributed by atoms with Crippen molar-refractivity contribution in [1.29, 1.82) is 0 Å². The van der Waals surface area contributed by atoms with Gasteiger partial charge >= 0.3 is 0 Å². The third-order valence-corrected chi connectivity index (χ3v) is 3.90. The van der Waals surface area contributed by atoms with Crippen LogP contribution in [-0.4, -0.2) is 36.4 Å². The van der Waals surface area contributed by atoms with Crippen LogP contribution in [0, 0.1) is 6.92 Å². The zero-order valence-corrected chi connectivity index (χ0v) is 12.7. The normalized spacial score (nSPS) is 14.2. The fraction of sp³-hybridized carbons (Fsp3) is 0.462. The predicted molar refractivity (Wildman–Crippen MR) is 80.7 cm³/mol. The Morgan fingerprint density at radius 3 is 2.80 bits per heavy atom. The molecule has 0 aliphatic heterocycles. The molecule has 2 atom stereocenters. The fourth-order valence-electron chi connectivity index (χ4n) is 2.08. The van der Waals surface area contributed by atoms with E-state index in [4.69, 9.17) is 5.73 Å². The van der Waals surface area contributed by atoms with Gasteiger partial charge in [0, 0.05) is 34.1 Å². The van der Waals surface area contributed by atoms with Crippen molar-refractivity contribution < 1.29 is 4.21 Å². The number of nitrogens with two attached hydrogens (primary N) is 1. The van der Waals surface area contributed by atoms with Crippen LogP contribution in [0.4, 0.5) is 5.69 Å². The second kappa shape index (κ2) is 6.13. The van der Waals surface area contributed by atoms with Crippen molar-refractivity contribution in [3.63, 3.8) is 0 Å². The molecule has 2 unspecified atom stereocenters. The van der Waals surface area contributed by atoms with Crippen molar-refractivity contribution in [1.82, 2.24) is 20.2 Å². The molecule has 1 aromatic heterocycles. The summed E-state index contributed by atoms with van der Waals surface area (Å²) >= 11 is 0. The van der Waals surface area contributed by atoms with E-state index in [9.17, 15) is 4.21 Å². The average Bonchev–Trinajstić information content (AvgIpc) is 2.83. The zero-order valence-electron chi connectivity index (χ0n) is 11.9. The van der Waals surface area contributed by atoms with Crippen molar-refractivity contribution in [2.45, 2.75) is 26.3 Å². The van der Waals surface area contributed by atoms with E-state index in [-0.39, 0.29) is 6.04 Å². The first-order valence-electron chi connectivity index (χ1n) is 6.43. The van der Waals surface area contributed by atoms with Crippen LogP contribution in [0.5, 0.6) is 0 Å². The van der Waals surface area contributed by atoms with E-state index >= 15 is 0 Å². The van der Waals surface area contributed by atoms with Gasteiger partial charge in [0.05, 0.1) is 6.04 Å². The summed E-state index contributed by atoms with van der Waals surface area (Å²) in [5, 5.41) is 11.9. The summed E-state index contributed by atoms with van der Waals surface area (Å²) in [6, 6.07) is 5.86. The minimum Gasteiger partial charge on any atom is -0.399 e. The lowest BCUT2D eigenvalue weighted by Crippen LogP contribution is -2.12. The number of aryl methyl sites for hydroxylation is 1. The largest absolute Gasteiger partial charge is 0.399 e. The van der Waals surface area contributed by atoms with E-state index in [2.05, 4.69) is 15.5 Å². The molecular formula is C13H19N5OS. The molecule has 2 rings (SSSR count). The highest BCUT2D eigenvalue weighted by atomic mass is 32.2. The molecule has 0 spiro atoms. The molecular weight excluding hydrogens is 274 g/mol. The van der Waals surface area contributed by atoms with E-state index in [0.717, 1.165) is 17.5 Å². The lowest BCUT2D eigenvalue weighted by molar-refractivity contribution is 0.470. The molecule has 20 heavy (non-hydrogen) atoms. The third kappa shape index (κ3) is 3.41. The number of anilines is 1. The molecule has 0 bridgehead atoms. The van der Waals surface area contributed by atoms with Crippen LogP contribution in [-0.2, 0) is 10.8 Å². The molecule has 0 aliphatic rings. The van der Waals surface area contributed by atoms with Gasteiger partial charge in [-0.1, -0.05) is 0 Å². The lowest BCUT2D eigenvalue weighted by Gasteiger charge is -2.13. The van der Waals surface area contributed by atoms with Crippen LogP contribution in [0.3, 0.4) is 0 Å². The van der Waals surface area contributed by atoms with Gasteiger partial charge in [-0.05, 0) is 54.5 Å². The van der Waals surface area contributed by atoms with E-state index in [0.29, 0.717) is 17.3 Å². The molecule has 6 nitrogen and oxygen atoms in total. The lowest BCUT2D eigenvalue weighted by atomic mass is 10.1. The molecule has 1 heterocycles. The zero-order chi connectivity index (χ0) is 14.7. The Balaban J connectivity index is 2.30. The summed E-state index contributed by atoms with van der Waals surface area (Å²) in [7, 11) is -0.808. The number of aromatic nitrogens is 4. The topological polar surface area (TPSA) is 86.7 Å². The maximum absolute atomic E-state index is 11.2. The molecule has 0 amide bonds. The first-order valence-corrected chi connectivity index (χ1v) is 8.15. The van der Waals surface area contributed by atoms with Gasteiger partial charge in [-0.3, -0.25) is 4.21 Å². The number of hydrogen-bond donors (Lipinski definition) is 1. The van der Waals surface area contributed by atoms with Gasteiger partial charge in [0.15, 0.2) is 5.82 Å². The highest BCUT2D eigenvalue weighted by Gasteiger charge is 2.15. The second-order valence-corrected chi connectivity index (χ2v) is 6.55. The summed E-state index contributed by atoms with van der Waals surface area (Å²) in [6.07, 6.45) is 2.47. The molecule has 2 aromatic rings. The van der Waals surface area contributed by atoms with Crippen LogP contribution in [0.1, 0.15) is 24.9 Å². The van der Waals surface area contributed by atoms with Crippen LogP contribution >= 0.6 is 0 Å². The van der Waals surface area contributed by atoms with Gasteiger partial charge in [0.2, 0.25) is 0 Å². The second-order valence-electron chi connectivity index (χ2n) is 4.99. The Morgan fingerprint density at radius 1 is 1.40 bits per heavy atom. The first-order chi connectivity index (χ1) is 9.47. The molecule has 0 saturated carbocycles. The Hall–Kier alpha value is -1.76. The van der Waals surface area contributed by atoms with Crippen LogP contribution < -0.4 is 5.73 Å². The Morgan fingerprint density at radius 2 is 2.15 bits per heavy atom. The number of benzene rings is 1. The van der Waals surface area contributed by atoms with Gasteiger partial charge in [-0.15, -0.1) is 5.10 Å². The summed E-state index contributed by atoms with van der Waals surface area (Å²) in [5.74, 6) is 1.32. The van der Waals surface area contributed by atoms with E-state index in [1.807, 2.05) is 32.0 Å². The summed E-state index contributed by atoms with van der Waals surface area (Å²) in [4.78, 5) is 0. The van der Waals surface area contributed by atoms with Crippen molar-refractivity contribution in [3.8, 4) is 11.4 Å². The monoisotopic (exact) mass is 293 g/mol. The molecule has 7 heteroatoms. The van der Waals surface area contributed by atoms with Gasteiger partial charge in [-0.25, -0.2) is 4.68 Å². The Kier molecular flexibility index (Phi) is 4.49. The SMILES string of the molecule is Cc1cc(N)cc(-c2nnnn2C(C)CCS(C)=O)c1. The van der Waals surface area contributed by atoms with E-state index < -0.39 is 10.8 Å². The number of rotatable bonds is 5. The standard InChI is InChI=1S/C13H19N5OS/c1-9-6-11(8-12(14)7-9)13-15-16-17-18(13)10(2)4-5-20(3)19/h6-8,10H,4-5,14H2,1-3H3. The molecule has 108 valence electrons. The summed E-state index contributed by atoms with van der Waals surface area (Å²) in [5.41, 5.74) is 8.53. The number of hydrogen-bond acceptors (Lipinski definition) is 5.